The van der Waals surface area contributed by atoms with Crippen LogP contribution in [0.2, 0.25) is 0 Å². The van der Waals surface area contributed by atoms with Gasteiger partial charge >= 0.3 is 0 Å². The van der Waals surface area contributed by atoms with Crippen LogP contribution in [0.4, 0.5) is 0 Å². The van der Waals surface area contributed by atoms with E-state index in [2.05, 4.69) is 37.9 Å². The van der Waals surface area contributed by atoms with Gasteiger partial charge in [-0.1, -0.05) is 35.1 Å². The lowest BCUT2D eigenvalue weighted by atomic mass is 10.1. The highest BCUT2D eigenvalue weighted by Crippen LogP contribution is 2.31. The summed E-state index contributed by atoms with van der Waals surface area (Å²) in [5.74, 6) is 0.741. The van der Waals surface area contributed by atoms with Gasteiger partial charge in [-0.3, -0.25) is 4.79 Å². The number of ether oxygens (including phenoxy) is 1. The van der Waals surface area contributed by atoms with E-state index in [9.17, 15) is 9.90 Å². The van der Waals surface area contributed by atoms with E-state index in [-0.39, 0.29) is 31.0 Å². The van der Waals surface area contributed by atoms with Crippen molar-refractivity contribution in [3.8, 4) is 0 Å². The van der Waals surface area contributed by atoms with Gasteiger partial charge in [0.05, 0.1) is 12.7 Å². The number of nitrogens with two attached hydrogens (primary N) is 1. The van der Waals surface area contributed by atoms with Crippen LogP contribution in [0.3, 0.4) is 0 Å². The number of hydrogen-bond donors (Lipinski definition) is 2. The smallest absolute Gasteiger partial charge is 0.278 e. The number of hydrogen-bond acceptors (Lipinski definition) is 6. The Balaban J connectivity index is 2.09. The first-order chi connectivity index (χ1) is 12.9. The Morgan fingerprint density at radius 1 is 1.41 bits per heavy atom. The topological polar surface area (TPSA) is 90.4 Å². The third kappa shape index (κ3) is 6.60. The van der Waals surface area contributed by atoms with Gasteiger partial charge in [-0.05, 0) is 46.5 Å². The number of aromatic nitrogens is 2. The summed E-state index contributed by atoms with van der Waals surface area (Å²) in [5, 5.41) is 9.95. The largest absolute Gasteiger partial charge is 0.394 e. The second-order valence-electron chi connectivity index (χ2n) is 7.12. The zero-order chi connectivity index (χ0) is 19.8. The average Bonchev–Trinajstić information content (AvgIpc) is 3.10. The van der Waals surface area contributed by atoms with Crippen LogP contribution in [0.25, 0.3) is 0 Å². The number of nitrogens with zero attached hydrogens (tertiary/aromatic N) is 2. The molecule has 1 aliphatic rings. The predicted molar refractivity (Wildman–Crippen MR) is 110 cm³/mol. The molecule has 2 atom stereocenters. The number of aliphatic hydroxyl groups is 1. The van der Waals surface area contributed by atoms with Gasteiger partial charge in [-0.25, -0.2) is 0 Å². The van der Waals surface area contributed by atoms with Crippen molar-refractivity contribution in [1.29, 1.82) is 0 Å². The molecule has 7 heteroatoms. The molecule has 1 saturated heterocycles. The summed E-state index contributed by atoms with van der Waals surface area (Å²) in [6, 6.07) is 0. The summed E-state index contributed by atoms with van der Waals surface area (Å²) < 4.78 is 7.77. The maximum Gasteiger partial charge on any atom is 0.278 e. The summed E-state index contributed by atoms with van der Waals surface area (Å²) in [7, 11) is 0. The lowest BCUT2D eigenvalue weighted by molar-refractivity contribution is -0.0274. The van der Waals surface area contributed by atoms with E-state index in [1.165, 1.54) is 22.9 Å². The Labute approximate surface area is 165 Å². The lowest BCUT2D eigenvalue weighted by Gasteiger charge is -2.19. The second kappa shape index (κ2) is 10.8. The molecule has 0 amide bonds. The molecule has 3 N–H and O–H groups in total. The third-order valence-corrected chi connectivity index (χ3v) is 5.44. The van der Waals surface area contributed by atoms with Crippen molar-refractivity contribution in [1.82, 2.24) is 9.55 Å². The summed E-state index contributed by atoms with van der Waals surface area (Å²) in [5.41, 5.74) is 8.53. The van der Waals surface area contributed by atoms with E-state index in [4.69, 9.17) is 10.5 Å². The van der Waals surface area contributed by atoms with Crippen molar-refractivity contribution >= 4 is 11.8 Å². The zero-order valence-corrected chi connectivity index (χ0v) is 17.3. The van der Waals surface area contributed by atoms with Gasteiger partial charge in [-0.15, -0.1) is 0 Å². The third-order valence-electron chi connectivity index (χ3n) is 4.54. The fraction of sp³-hybridized carbons (Fsp3) is 0.600. The van der Waals surface area contributed by atoms with Crippen LogP contribution >= 0.6 is 11.8 Å². The predicted octanol–water partition coefficient (Wildman–Crippen LogP) is 3.16. The molecule has 2 heterocycles. The fourth-order valence-corrected chi connectivity index (χ4v) is 3.91. The Kier molecular flexibility index (Phi) is 8.76. The average molecular weight is 394 g/mol. The van der Waals surface area contributed by atoms with E-state index in [1.54, 1.807) is 6.20 Å². The Morgan fingerprint density at radius 2 is 2.19 bits per heavy atom. The first kappa shape index (κ1) is 21.9. The summed E-state index contributed by atoms with van der Waals surface area (Å²) in [6.45, 7) is 6.50. The normalized spacial score (nSPS) is 20.1. The monoisotopic (exact) mass is 393 g/mol. The molecule has 1 aromatic rings. The zero-order valence-electron chi connectivity index (χ0n) is 16.5. The van der Waals surface area contributed by atoms with Crippen LogP contribution < -0.4 is 11.3 Å². The highest BCUT2D eigenvalue weighted by molar-refractivity contribution is 7.99. The van der Waals surface area contributed by atoms with Gasteiger partial charge < -0.3 is 20.1 Å². The molecule has 2 rings (SSSR count). The van der Waals surface area contributed by atoms with E-state index >= 15 is 0 Å². The highest BCUT2D eigenvalue weighted by Gasteiger charge is 2.27. The number of aliphatic hydroxyl groups excluding tert-OH is 1. The summed E-state index contributed by atoms with van der Waals surface area (Å²) in [6.07, 6.45) is 9.45. The van der Waals surface area contributed by atoms with E-state index in [1.807, 2.05) is 4.57 Å². The molecule has 0 aromatic carbocycles. The van der Waals surface area contributed by atoms with Crippen molar-refractivity contribution in [2.24, 2.45) is 5.73 Å². The summed E-state index contributed by atoms with van der Waals surface area (Å²) >= 11 is 1.52. The van der Waals surface area contributed by atoms with Crippen LogP contribution in [0.5, 0.6) is 0 Å². The molecule has 0 bridgehead atoms. The molecule has 150 valence electrons. The van der Waals surface area contributed by atoms with E-state index in [0.29, 0.717) is 10.7 Å². The maximum absolute atomic E-state index is 12.1. The molecule has 6 nitrogen and oxygen atoms in total. The molecule has 0 radical (unpaired) electrons. The molecule has 0 aliphatic carbocycles. The van der Waals surface area contributed by atoms with Crippen LogP contribution in [0.1, 0.15) is 58.2 Å². The molecule has 1 aromatic heterocycles. The number of allylic oxidation sites excluding steroid dienone is 3. The van der Waals surface area contributed by atoms with Gasteiger partial charge in [0.15, 0.2) is 5.16 Å². The minimum absolute atomic E-state index is 0.00393. The molecular formula is C20H31N3O3S. The standard InChI is InChI=1S/C20H31N3O3S/c1-14(2)5-4-6-15(3)9-10-27-20-22-19(25)16(11-21)12-23(20)18-8-7-17(13-24)26-18/h5,9,12,17-18,24H,4,6-8,10-11,13,21H2,1-3H3/b15-9+. The highest BCUT2D eigenvalue weighted by atomic mass is 32.2. The number of rotatable bonds is 9. The molecule has 27 heavy (non-hydrogen) atoms. The van der Waals surface area contributed by atoms with Crippen molar-refractivity contribution in [2.45, 2.75) is 70.5 Å². The molecule has 0 spiro atoms. The lowest BCUT2D eigenvalue weighted by Crippen LogP contribution is -2.24. The minimum Gasteiger partial charge on any atom is -0.394 e. The Bertz CT molecular complexity index is 738. The van der Waals surface area contributed by atoms with Crippen LogP contribution in [-0.2, 0) is 11.3 Å². The molecule has 0 saturated carbocycles. The molecule has 1 aliphatic heterocycles. The van der Waals surface area contributed by atoms with Crippen molar-refractivity contribution in [3.63, 3.8) is 0 Å². The first-order valence-electron chi connectivity index (χ1n) is 9.44. The van der Waals surface area contributed by atoms with Gasteiger partial charge in [0.2, 0.25) is 0 Å². The second-order valence-corrected chi connectivity index (χ2v) is 8.11. The van der Waals surface area contributed by atoms with Crippen LogP contribution in [0.15, 0.2) is 39.4 Å². The Morgan fingerprint density at radius 3 is 2.81 bits per heavy atom. The van der Waals surface area contributed by atoms with Gasteiger partial charge in [0.1, 0.15) is 6.23 Å². The van der Waals surface area contributed by atoms with Gasteiger partial charge in [0.25, 0.3) is 5.56 Å². The van der Waals surface area contributed by atoms with Crippen LogP contribution in [0, 0.1) is 0 Å². The van der Waals surface area contributed by atoms with Gasteiger partial charge in [0, 0.05) is 24.1 Å². The molecule has 1 fully saturated rings. The van der Waals surface area contributed by atoms with Crippen LogP contribution in [-0.4, -0.2) is 33.1 Å². The molecular weight excluding hydrogens is 362 g/mol. The number of thioether (sulfide) groups is 1. The van der Waals surface area contributed by atoms with Crippen molar-refractivity contribution < 1.29 is 9.84 Å². The molecule has 2 unspecified atom stereocenters. The Hall–Kier alpha value is -1.41. The quantitative estimate of drug-likeness (QED) is 0.380. The van der Waals surface area contributed by atoms with Crippen molar-refractivity contribution in [3.05, 3.63) is 45.4 Å². The minimum atomic E-state index is -0.280. The van der Waals surface area contributed by atoms with E-state index in [0.717, 1.165) is 31.4 Å². The van der Waals surface area contributed by atoms with Crippen molar-refractivity contribution in [2.75, 3.05) is 12.4 Å². The fourth-order valence-electron chi connectivity index (χ4n) is 2.92. The van der Waals surface area contributed by atoms with E-state index < -0.39 is 0 Å². The summed E-state index contributed by atoms with van der Waals surface area (Å²) in [4.78, 5) is 16.4. The maximum atomic E-state index is 12.1. The SMILES string of the molecule is CC(C)=CCC/C(C)=C/CSc1nc(=O)c(CN)cn1C1CCC(CO)O1. The first-order valence-corrected chi connectivity index (χ1v) is 10.4. The van der Waals surface area contributed by atoms with Gasteiger partial charge in [-0.2, -0.15) is 4.98 Å².